The van der Waals surface area contributed by atoms with Crippen molar-refractivity contribution in [2.24, 2.45) is 4.99 Å². The fourth-order valence-electron chi connectivity index (χ4n) is 1.18. The summed E-state index contributed by atoms with van der Waals surface area (Å²) in [6.45, 7) is 9.26. The molecule has 0 aromatic heterocycles. The van der Waals surface area contributed by atoms with Gasteiger partial charge in [0.2, 0.25) is 6.08 Å². The van der Waals surface area contributed by atoms with Crippen LogP contribution in [0.25, 0.3) is 0 Å². The van der Waals surface area contributed by atoms with Crippen molar-refractivity contribution >= 4 is 6.08 Å². The molecule has 0 saturated heterocycles. The maximum atomic E-state index is 10.2. The van der Waals surface area contributed by atoms with Gasteiger partial charge in [-0.3, -0.25) is 0 Å². The van der Waals surface area contributed by atoms with Gasteiger partial charge >= 0.3 is 0 Å². The van der Waals surface area contributed by atoms with Crippen molar-refractivity contribution in [2.45, 2.75) is 31.7 Å². The number of hydrogen-bond donors (Lipinski definition) is 0. The van der Waals surface area contributed by atoms with E-state index < -0.39 is 0 Å². The Bertz CT molecular complexity index is 192. The summed E-state index contributed by atoms with van der Waals surface area (Å²) in [4.78, 5) is 14.0. The monoisotopic (exact) mass is 165 g/mol. The molecule has 2 nitrogen and oxygen atoms in total. The number of rotatable bonds is 6. The molecular weight excluding hydrogens is 150 g/mol. The van der Waals surface area contributed by atoms with Gasteiger partial charge in [-0.15, -0.1) is 13.2 Å². The molecule has 12 heavy (non-hydrogen) atoms. The van der Waals surface area contributed by atoms with Crippen LogP contribution in [-0.4, -0.2) is 11.6 Å². The van der Waals surface area contributed by atoms with Gasteiger partial charge in [0.1, 0.15) is 0 Å². The van der Waals surface area contributed by atoms with Crippen LogP contribution >= 0.6 is 0 Å². The number of carbonyl (C=O) groups excluding carboxylic acids is 1. The van der Waals surface area contributed by atoms with E-state index in [1.165, 1.54) is 0 Å². The predicted molar refractivity (Wildman–Crippen MR) is 50.8 cm³/mol. The fraction of sp³-hybridized carbons (Fsp3) is 0.500. The molecule has 0 heterocycles. The number of hydrogen-bond acceptors (Lipinski definition) is 2. The highest BCUT2D eigenvalue weighted by Gasteiger charge is 2.23. The lowest BCUT2D eigenvalue weighted by molar-refractivity contribution is 0.418. The molecule has 0 unspecified atom stereocenters. The normalized spacial score (nSPS) is 10.1. The highest BCUT2D eigenvalue weighted by Crippen LogP contribution is 2.25. The summed E-state index contributed by atoms with van der Waals surface area (Å²) < 4.78 is 0. The standard InChI is InChI=1S/C10H15NO/c1-4-7-10(6-3,8-5-2)11-9-12/h4-5H,1-2,6-8H2,3H3. The number of isocyanates is 1. The minimum atomic E-state index is -0.342. The van der Waals surface area contributed by atoms with Crippen LogP contribution in [0.4, 0.5) is 0 Å². The van der Waals surface area contributed by atoms with Gasteiger partial charge in [0.05, 0.1) is 5.54 Å². The molecule has 0 amide bonds. The van der Waals surface area contributed by atoms with Crippen LogP contribution in [0.3, 0.4) is 0 Å². The second kappa shape index (κ2) is 5.50. The molecule has 0 N–H and O–H groups in total. The minimum absolute atomic E-state index is 0.342. The highest BCUT2D eigenvalue weighted by molar-refractivity contribution is 5.35. The molecule has 0 saturated carbocycles. The van der Waals surface area contributed by atoms with Crippen LogP contribution < -0.4 is 0 Å². The summed E-state index contributed by atoms with van der Waals surface area (Å²) in [6, 6.07) is 0. The van der Waals surface area contributed by atoms with E-state index in [0.29, 0.717) is 12.8 Å². The first kappa shape index (κ1) is 10.9. The lowest BCUT2D eigenvalue weighted by Crippen LogP contribution is -2.23. The van der Waals surface area contributed by atoms with Crippen molar-refractivity contribution < 1.29 is 4.79 Å². The smallest absolute Gasteiger partial charge is 0.211 e. The quantitative estimate of drug-likeness (QED) is 0.338. The molecule has 0 aliphatic carbocycles. The van der Waals surface area contributed by atoms with Gasteiger partial charge < -0.3 is 0 Å². The highest BCUT2D eigenvalue weighted by atomic mass is 16.1. The second-order valence-electron chi connectivity index (χ2n) is 2.77. The maximum absolute atomic E-state index is 10.2. The Morgan fingerprint density at radius 2 is 1.92 bits per heavy atom. The van der Waals surface area contributed by atoms with Crippen molar-refractivity contribution in [3.8, 4) is 0 Å². The van der Waals surface area contributed by atoms with Gasteiger partial charge in [-0.05, 0) is 19.3 Å². The van der Waals surface area contributed by atoms with Gasteiger partial charge in [-0.1, -0.05) is 19.1 Å². The molecule has 0 spiro atoms. The zero-order valence-corrected chi connectivity index (χ0v) is 7.55. The van der Waals surface area contributed by atoms with Crippen LogP contribution in [0.15, 0.2) is 30.3 Å². The molecule has 0 aromatic carbocycles. The van der Waals surface area contributed by atoms with Gasteiger partial charge in [-0.2, -0.15) is 4.99 Å². The van der Waals surface area contributed by atoms with Crippen LogP contribution in [0.1, 0.15) is 26.2 Å². The van der Waals surface area contributed by atoms with Crippen molar-refractivity contribution in [2.75, 3.05) is 0 Å². The summed E-state index contributed by atoms with van der Waals surface area (Å²) in [5.74, 6) is 0. The molecule has 0 rings (SSSR count). The van der Waals surface area contributed by atoms with Gasteiger partial charge in [0.25, 0.3) is 0 Å². The predicted octanol–water partition coefficient (Wildman–Crippen LogP) is 2.62. The molecule has 0 aromatic rings. The number of nitrogens with zero attached hydrogens (tertiary/aromatic N) is 1. The number of aliphatic imine (C=N–C) groups is 1. The summed E-state index contributed by atoms with van der Waals surface area (Å²) in [7, 11) is 0. The van der Waals surface area contributed by atoms with E-state index in [9.17, 15) is 4.79 Å². The lowest BCUT2D eigenvalue weighted by Gasteiger charge is -2.23. The molecule has 0 radical (unpaired) electrons. The van der Waals surface area contributed by atoms with Gasteiger partial charge in [0, 0.05) is 0 Å². The average Bonchev–Trinajstić information content (AvgIpc) is 2.06. The third-order valence-electron chi connectivity index (χ3n) is 1.99. The Labute approximate surface area is 73.7 Å². The Morgan fingerprint density at radius 3 is 2.17 bits per heavy atom. The van der Waals surface area contributed by atoms with Crippen LogP contribution in [-0.2, 0) is 4.79 Å². The molecular formula is C10H15NO. The van der Waals surface area contributed by atoms with Crippen LogP contribution in [0.2, 0.25) is 0 Å². The molecule has 2 heteroatoms. The first-order valence-corrected chi connectivity index (χ1v) is 4.05. The SMILES string of the molecule is C=CCC(CC)(CC=C)N=C=O. The van der Waals surface area contributed by atoms with E-state index in [2.05, 4.69) is 18.2 Å². The maximum Gasteiger partial charge on any atom is 0.235 e. The third kappa shape index (κ3) is 2.85. The van der Waals surface area contributed by atoms with E-state index in [1.807, 2.05) is 6.92 Å². The molecule has 0 bridgehead atoms. The summed E-state index contributed by atoms with van der Waals surface area (Å²) in [5.41, 5.74) is -0.342. The molecule has 0 fully saturated rings. The Kier molecular flexibility index (Phi) is 4.98. The summed E-state index contributed by atoms with van der Waals surface area (Å²) in [6.07, 6.45) is 7.36. The average molecular weight is 165 g/mol. The first-order chi connectivity index (χ1) is 5.74. The Balaban J connectivity index is 4.58. The Morgan fingerprint density at radius 1 is 1.42 bits per heavy atom. The largest absolute Gasteiger partial charge is 0.235 e. The van der Waals surface area contributed by atoms with E-state index in [1.54, 1.807) is 18.2 Å². The minimum Gasteiger partial charge on any atom is -0.211 e. The molecule has 66 valence electrons. The van der Waals surface area contributed by atoms with Crippen molar-refractivity contribution in [1.82, 2.24) is 0 Å². The second-order valence-corrected chi connectivity index (χ2v) is 2.77. The van der Waals surface area contributed by atoms with Crippen LogP contribution in [0.5, 0.6) is 0 Å². The van der Waals surface area contributed by atoms with E-state index in [-0.39, 0.29) is 5.54 Å². The Hall–Kier alpha value is -1.14. The molecule has 0 aliphatic heterocycles. The lowest BCUT2D eigenvalue weighted by atomic mass is 9.89. The van der Waals surface area contributed by atoms with Gasteiger partial charge in [0.15, 0.2) is 0 Å². The van der Waals surface area contributed by atoms with Gasteiger partial charge in [-0.25, -0.2) is 4.79 Å². The van der Waals surface area contributed by atoms with E-state index >= 15 is 0 Å². The molecule has 0 aliphatic rings. The van der Waals surface area contributed by atoms with Crippen molar-refractivity contribution in [3.05, 3.63) is 25.3 Å². The third-order valence-corrected chi connectivity index (χ3v) is 1.99. The zero-order chi connectivity index (χ0) is 9.45. The van der Waals surface area contributed by atoms with Crippen molar-refractivity contribution in [1.29, 1.82) is 0 Å². The first-order valence-electron chi connectivity index (χ1n) is 4.05. The van der Waals surface area contributed by atoms with E-state index in [0.717, 1.165) is 6.42 Å². The topological polar surface area (TPSA) is 29.4 Å². The van der Waals surface area contributed by atoms with E-state index in [4.69, 9.17) is 0 Å². The van der Waals surface area contributed by atoms with Crippen molar-refractivity contribution in [3.63, 3.8) is 0 Å². The fourth-order valence-corrected chi connectivity index (χ4v) is 1.18. The summed E-state index contributed by atoms with van der Waals surface area (Å²) in [5, 5.41) is 0. The molecule has 0 atom stereocenters. The summed E-state index contributed by atoms with van der Waals surface area (Å²) >= 11 is 0. The zero-order valence-electron chi connectivity index (χ0n) is 7.55. The van der Waals surface area contributed by atoms with Crippen LogP contribution in [0, 0.1) is 0 Å².